The van der Waals surface area contributed by atoms with Gasteiger partial charge in [-0.15, -0.1) is 0 Å². The maximum absolute atomic E-state index is 9.02. The van der Waals surface area contributed by atoms with Gasteiger partial charge in [0.15, 0.2) is 0 Å². The lowest BCUT2D eigenvalue weighted by Gasteiger charge is -2.02. The lowest BCUT2D eigenvalue weighted by atomic mass is 10.4. The quantitative estimate of drug-likeness (QED) is 0.569. The van der Waals surface area contributed by atoms with E-state index in [0.29, 0.717) is 5.02 Å². The second-order valence-electron chi connectivity index (χ2n) is 2.17. The predicted molar refractivity (Wildman–Crippen MR) is 49.0 cm³/mol. The smallest absolute Gasteiger partial charge is 0.101 e. The van der Waals surface area contributed by atoms with Crippen LogP contribution in [0.5, 0.6) is 0 Å². The van der Waals surface area contributed by atoms with Gasteiger partial charge in [0.1, 0.15) is 5.44 Å². The number of hydrogen-bond donors (Lipinski definition) is 1. The van der Waals surface area contributed by atoms with E-state index in [1.165, 1.54) is 11.8 Å². The van der Waals surface area contributed by atoms with E-state index >= 15 is 0 Å². The predicted octanol–water partition coefficient (Wildman–Crippen LogP) is 2.77. The molecule has 0 aliphatic carbocycles. The summed E-state index contributed by atoms with van der Waals surface area (Å²) in [4.78, 5) is 0.993. The van der Waals surface area contributed by atoms with Crippen LogP contribution in [0.3, 0.4) is 0 Å². The fraction of sp³-hybridized carbons (Fsp3) is 0.250. The molecular formula is C8H9ClOS. The molecule has 1 aromatic carbocycles. The van der Waals surface area contributed by atoms with Gasteiger partial charge in [0, 0.05) is 9.92 Å². The van der Waals surface area contributed by atoms with E-state index in [9.17, 15) is 0 Å². The van der Waals surface area contributed by atoms with Crippen LogP contribution in [-0.2, 0) is 0 Å². The van der Waals surface area contributed by atoms with Gasteiger partial charge in [-0.05, 0) is 25.1 Å². The van der Waals surface area contributed by atoms with Gasteiger partial charge in [0.2, 0.25) is 0 Å². The molecule has 0 heterocycles. The lowest BCUT2D eigenvalue weighted by molar-refractivity contribution is 0.284. The third kappa shape index (κ3) is 3.14. The van der Waals surface area contributed by atoms with Crippen molar-refractivity contribution < 1.29 is 5.11 Å². The van der Waals surface area contributed by atoms with Crippen molar-refractivity contribution in [2.45, 2.75) is 17.3 Å². The number of halogens is 1. The minimum atomic E-state index is -0.381. The third-order valence-corrected chi connectivity index (χ3v) is 2.21. The van der Waals surface area contributed by atoms with Crippen LogP contribution in [0.1, 0.15) is 6.92 Å². The van der Waals surface area contributed by atoms with E-state index in [2.05, 4.69) is 0 Å². The number of aliphatic hydroxyl groups excluding tert-OH is 1. The molecule has 0 spiro atoms. The molecule has 1 unspecified atom stereocenters. The summed E-state index contributed by atoms with van der Waals surface area (Å²) in [6, 6.07) is 7.43. The normalized spacial score (nSPS) is 13.0. The maximum atomic E-state index is 9.02. The van der Waals surface area contributed by atoms with E-state index in [0.717, 1.165) is 4.90 Å². The maximum Gasteiger partial charge on any atom is 0.101 e. The highest BCUT2D eigenvalue weighted by Crippen LogP contribution is 2.23. The fourth-order valence-electron chi connectivity index (χ4n) is 0.737. The first-order chi connectivity index (χ1) is 5.18. The van der Waals surface area contributed by atoms with Crippen molar-refractivity contribution in [2.75, 3.05) is 0 Å². The van der Waals surface area contributed by atoms with Crippen LogP contribution < -0.4 is 0 Å². The lowest BCUT2D eigenvalue weighted by Crippen LogP contribution is -1.90. The van der Waals surface area contributed by atoms with Crippen LogP contribution in [0.4, 0.5) is 0 Å². The molecule has 60 valence electrons. The monoisotopic (exact) mass is 188 g/mol. The summed E-state index contributed by atoms with van der Waals surface area (Å²) in [5, 5.41) is 9.72. The molecule has 0 amide bonds. The van der Waals surface area contributed by atoms with Gasteiger partial charge in [-0.1, -0.05) is 29.4 Å². The van der Waals surface area contributed by atoms with Crippen molar-refractivity contribution in [1.29, 1.82) is 0 Å². The molecule has 1 rings (SSSR count). The molecular weight excluding hydrogens is 180 g/mol. The van der Waals surface area contributed by atoms with Gasteiger partial charge in [-0.2, -0.15) is 0 Å². The molecule has 0 bridgehead atoms. The van der Waals surface area contributed by atoms with Crippen molar-refractivity contribution in [3.63, 3.8) is 0 Å². The molecule has 3 heteroatoms. The summed E-state index contributed by atoms with van der Waals surface area (Å²) >= 11 is 7.12. The Bertz CT molecular complexity index is 237. The molecule has 1 atom stereocenters. The Morgan fingerprint density at radius 3 is 2.82 bits per heavy atom. The van der Waals surface area contributed by atoms with Gasteiger partial charge >= 0.3 is 0 Å². The van der Waals surface area contributed by atoms with Gasteiger partial charge in [0.25, 0.3) is 0 Å². The van der Waals surface area contributed by atoms with Gasteiger partial charge in [-0.3, -0.25) is 0 Å². The molecule has 0 saturated heterocycles. The summed E-state index contributed by atoms with van der Waals surface area (Å²) in [7, 11) is 0. The molecule has 0 radical (unpaired) electrons. The van der Waals surface area contributed by atoms with E-state index in [4.69, 9.17) is 16.7 Å². The zero-order valence-corrected chi connectivity index (χ0v) is 7.69. The highest BCUT2D eigenvalue weighted by atomic mass is 35.5. The van der Waals surface area contributed by atoms with Crippen molar-refractivity contribution in [1.82, 2.24) is 0 Å². The number of thioether (sulfide) groups is 1. The number of aliphatic hydroxyl groups is 1. The molecule has 0 saturated carbocycles. The molecule has 1 aromatic rings. The van der Waals surface area contributed by atoms with E-state index in [1.807, 2.05) is 24.3 Å². The van der Waals surface area contributed by atoms with Crippen molar-refractivity contribution in [3.05, 3.63) is 29.3 Å². The van der Waals surface area contributed by atoms with Crippen molar-refractivity contribution in [3.8, 4) is 0 Å². The largest absolute Gasteiger partial charge is 0.382 e. The zero-order chi connectivity index (χ0) is 8.27. The Hall–Kier alpha value is -0.180. The molecule has 11 heavy (non-hydrogen) atoms. The molecule has 0 aliphatic heterocycles. The first-order valence-corrected chi connectivity index (χ1v) is 4.54. The Morgan fingerprint density at radius 1 is 1.55 bits per heavy atom. The third-order valence-electron chi connectivity index (χ3n) is 1.10. The summed E-state index contributed by atoms with van der Waals surface area (Å²) in [6.45, 7) is 1.73. The van der Waals surface area contributed by atoms with E-state index in [-0.39, 0.29) is 5.44 Å². The average molecular weight is 189 g/mol. The van der Waals surface area contributed by atoms with Gasteiger partial charge in [-0.25, -0.2) is 0 Å². The zero-order valence-electron chi connectivity index (χ0n) is 6.12. The molecule has 1 nitrogen and oxygen atoms in total. The van der Waals surface area contributed by atoms with E-state index < -0.39 is 0 Å². The average Bonchev–Trinajstić information content (AvgIpc) is 1.85. The number of benzene rings is 1. The van der Waals surface area contributed by atoms with Gasteiger partial charge in [0.05, 0.1) is 0 Å². The van der Waals surface area contributed by atoms with Crippen molar-refractivity contribution >= 4 is 23.4 Å². The highest BCUT2D eigenvalue weighted by Gasteiger charge is 1.98. The van der Waals surface area contributed by atoms with Crippen LogP contribution in [-0.4, -0.2) is 10.5 Å². The van der Waals surface area contributed by atoms with Crippen molar-refractivity contribution in [2.24, 2.45) is 0 Å². The number of hydrogen-bond acceptors (Lipinski definition) is 2. The van der Waals surface area contributed by atoms with Crippen LogP contribution >= 0.6 is 23.4 Å². The highest BCUT2D eigenvalue weighted by molar-refractivity contribution is 7.99. The standard InChI is InChI=1S/C8H9ClOS/c1-6(10)11-8-4-2-3-7(9)5-8/h2-6,10H,1H3. The molecule has 0 aliphatic rings. The van der Waals surface area contributed by atoms with E-state index in [1.54, 1.807) is 6.92 Å². The Labute approximate surface area is 75.4 Å². The Morgan fingerprint density at radius 2 is 2.27 bits per heavy atom. The first-order valence-electron chi connectivity index (χ1n) is 3.29. The molecule has 0 aromatic heterocycles. The first kappa shape index (κ1) is 8.91. The Kier molecular flexibility index (Phi) is 3.24. The summed E-state index contributed by atoms with van der Waals surface area (Å²) < 4.78 is 0. The second kappa shape index (κ2) is 4.00. The topological polar surface area (TPSA) is 20.2 Å². The number of rotatable bonds is 2. The minimum absolute atomic E-state index is 0.381. The molecule has 1 N–H and O–H groups in total. The molecule has 0 fully saturated rings. The second-order valence-corrected chi connectivity index (χ2v) is 4.00. The van der Waals surface area contributed by atoms with Gasteiger partial charge < -0.3 is 5.11 Å². The summed E-state index contributed by atoms with van der Waals surface area (Å²) in [6.07, 6.45) is 0. The minimum Gasteiger partial charge on any atom is -0.382 e. The summed E-state index contributed by atoms with van der Waals surface area (Å²) in [5.41, 5.74) is -0.381. The Balaban J connectivity index is 2.71. The van der Waals surface area contributed by atoms with Crippen LogP contribution in [0.2, 0.25) is 5.02 Å². The summed E-state index contributed by atoms with van der Waals surface area (Å²) in [5.74, 6) is 0. The van der Waals surface area contributed by atoms with Crippen LogP contribution in [0, 0.1) is 0 Å². The van der Waals surface area contributed by atoms with Crippen LogP contribution in [0.15, 0.2) is 29.2 Å². The fourth-order valence-corrected chi connectivity index (χ4v) is 1.74. The SMILES string of the molecule is CC(O)Sc1cccc(Cl)c1. The van der Waals surface area contributed by atoms with Crippen LogP contribution in [0.25, 0.3) is 0 Å².